The van der Waals surface area contributed by atoms with Crippen molar-refractivity contribution in [1.82, 2.24) is 24.3 Å². The second-order valence-corrected chi connectivity index (χ2v) is 9.98. The Bertz CT molecular complexity index is 1310. The summed E-state index contributed by atoms with van der Waals surface area (Å²) in [6, 6.07) is 20.8. The van der Waals surface area contributed by atoms with Gasteiger partial charge in [-0.2, -0.15) is 0 Å². The van der Waals surface area contributed by atoms with E-state index in [1.807, 2.05) is 58.3 Å². The maximum absolute atomic E-state index is 13.2. The zero-order valence-corrected chi connectivity index (χ0v) is 21.7. The number of hydrogen-bond donors (Lipinski definition) is 0. The van der Waals surface area contributed by atoms with Gasteiger partial charge in [-0.25, -0.2) is 4.98 Å². The number of nitrogens with zero attached hydrogens (tertiary/aromatic N) is 5. The minimum absolute atomic E-state index is 0.162. The molecule has 37 heavy (non-hydrogen) atoms. The van der Waals surface area contributed by atoms with E-state index in [1.165, 1.54) is 11.1 Å². The van der Waals surface area contributed by atoms with E-state index in [9.17, 15) is 4.79 Å². The number of aromatic nitrogens is 3. The number of fused-ring (bicyclic) bond motifs is 1. The average Bonchev–Trinajstić information content (AvgIpc) is 3.35. The van der Waals surface area contributed by atoms with Crippen molar-refractivity contribution < 1.29 is 9.53 Å². The molecule has 1 fully saturated rings. The number of methoxy groups -OCH3 is 1. The number of ether oxygens (including phenoxy) is 1. The summed E-state index contributed by atoms with van der Waals surface area (Å²) in [6.07, 6.45) is 8.45. The molecule has 3 heterocycles. The Hall–Kier alpha value is -3.71. The highest BCUT2D eigenvalue weighted by molar-refractivity contribution is 5.80. The van der Waals surface area contributed by atoms with Crippen LogP contribution in [0.3, 0.4) is 0 Å². The summed E-state index contributed by atoms with van der Waals surface area (Å²) in [4.78, 5) is 26.4. The number of rotatable bonds is 9. The zero-order chi connectivity index (χ0) is 25.6. The minimum Gasteiger partial charge on any atom is -0.497 e. The van der Waals surface area contributed by atoms with Crippen molar-refractivity contribution in [2.75, 3.05) is 27.2 Å². The average molecular weight is 498 g/mol. The molecule has 2 aromatic heterocycles. The van der Waals surface area contributed by atoms with Crippen LogP contribution in [0.25, 0.3) is 11.0 Å². The summed E-state index contributed by atoms with van der Waals surface area (Å²) in [5.74, 6) is 1.54. The van der Waals surface area contributed by atoms with Crippen molar-refractivity contribution in [3.63, 3.8) is 0 Å². The molecule has 2 aromatic carbocycles. The molecule has 0 N–H and O–H groups in total. The number of para-hydroxylation sites is 2. The van der Waals surface area contributed by atoms with Gasteiger partial charge in [-0.15, -0.1) is 0 Å². The molecule has 1 amide bonds. The molecule has 0 radical (unpaired) electrons. The monoisotopic (exact) mass is 497 g/mol. The highest BCUT2D eigenvalue weighted by Gasteiger charge is 2.31. The first-order valence-corrected chi connectivity index (χ1v) is 13.0. The standard InChI is InChI=1S/C30H35N5O2/c1-33(20-24-8-6-14-31-19-24)29(18-23-7-5-9-26(17-23)37-2)25-12-15-34(16-13-25)30(36)21-35-22-32-27-10-3-4-11-28(27)35/h3-11,14,17,19,22,25,29H,12-13,15-16,18,20-21H2,1-2H3. The number of hydrogen-bond acceptors (Lipinski definition) is 5. The van der Waals surface area contributed by atoms with Gasteiger partial charge in [0, 0.05) is 38.1 Å². The van der Waals surface area contributed by atoms with Crippen LogP contribution in [-0.2, 0) is 24.3 Å². The highest BCUT2D eigenvalue weighted by atomic mass is 16.5. The number of likely N-dealkylation sites (N-methyl/N-ethyl adjacent to an activating group) is 1. The third-order valence-corrected chi connectivity index (χ3v) is 7.57. The van der Waals surface area contributed by atoms with Crippen LogP contribution in [0.5, 0.6) is 5.75 Å². The molecule has 1 atom stereocenters. The first-order chi connectivity index (χ1) is 18.1. The molecule has 0 bridgehead atoms. The fraction of sp³-hybridized carbons (Fsp3) is 0.367. The smallest absolute Gasteiger partial charge is 0.242 e. The van der Waals surface area contributed by atoms with Crippen LogP contribution in [0, 0.1) is 5.92 Å². The Morgan fingerprint density at radius 2 is 1.89 bits per heavy atom. The van der Waals surface area contributed by atoms with Gasteiger partial charge in [-0.1, -0.05) is 30.3 Å². The van der Waals surface area contributed by atoms with Crippen molar-refractivity contribution in [3.8, 4) is 5.75 Å². The fourth-order valence-electron chi connectivity index (χ4n) is 5.54. The number of carbonyl (C=O) groups is 1. The van der Waals surface area contributed by atoms with Gasteiger partial charge in [-0.3, -0.25) is 14.7 Å². The van der Waals surface area contributed by atoms with Gasteiger partial charge >= 0.3 is 0 Å². The van der Waals surface area contributed by atoms with E-state index in [1.54, 1.807) is 13.4 Å². The molecule has 1 saturated heterocycles. The Kier molecular flexibility index (Phi) is 7.80. The lowest BCUT2D eigenvalue weighted by Crippen LogP contribution is -2.47. The summed E-state index contributed by atoms with van der Waals surface area (Å²) in [6.45, 7) is 2.74. The number of pyridine rings is 1. The molecule has 4 aromatic rings. The van der Waals surface area contributed by atoms with E-state index in [0.29, 0.717) is 18.5 Å². The normalized spacial score (nSPS) is 15.3. The van der Waals surface area contributed by atoms with E-state index in [-0.39, 0.29) is 5.91 Å². The first kappa shape index (κ1) is 25.0. The lowest BCUT2D eigenvalue weighted by molar-refractivity contribution is -0.133. The summed E-state index contributed by atoms with van der Waals surface area (Å²) in [5.41, 5.74) is 4.40. The van der Waals surface area contributed by atoms with Gasteiger partial charge in [0.15, 0.2) is 0 Å². The minimum atomic E-state index is 0.162. The molecule has 0 saturated carbocycles. The third kappa shape index (κ3) is 6.00. The van der Waals surface area contributed by atoms with Gasteiger partial charge in [-0.05, 0) is 73.7 Å². The largest absolute Gasteiger partial charge is 0.497 e. The van der Waals surface area contributed by atoms with Crippen molar-refractivity contribution in [3.05, 3.63) is 90.5 Å². The molecule has 1 aliphatic rings. The van der Waals surface area contributed by atoms with Gasteiger partial charge in [0.2, 0.25) is 5.91 Å². The number of likely N-dealkylation sites (tertiary alicyclic amines) is 1. The van der Waals surface area contributed by atoms with Gasteiger partial charge < -0.3 is 14.2 Å². The van der Waals surface area contributed by atoms with Crippen molar-refractivity contribution in [2.45, 2.75) is 38.4 Å². The van der Waals surface area contributed by atoms with E-state index in [4.69, 9.17) is 4.74 Å². The summed E-state index contributed by atoms with van der Waals surface area (Å²) in [7, 11) is 3.92. The predicted molar refractivity (Wildman–Crippen MR) is 145 cm³/mol. The van der Waals surface area contributed by atoms with Crippen LogP contribution in [0.15, 0.2) is 79.4 Å². The lowest BCUT2D eigenvalue weighted by Gasteiger charge is -2.40. The van der Waals surface area contributed by atoms with Crippen molar-refractivity contribution in [2.24, 2.45) is 5.92 Å². The lowest BCUT2D eigenvalue weighted by atomic mass is 9.84. The molecule has 1 aliphatic heterocycles. The van der Waals surface area contributed by atoms with E-state index in [0.717, 1.165) is 55.7 Å². The van der Waals surface area contributed by atoms with E-state index >= 15 is 0 Å². The topological polar surface area (TPSA) is 63.5 Å². The number of piperidine rings is 1. The van der Waals surface area contributed by atoms with E-state index in [2.05, 4.69) is 46.2 Å². The second-order valence-electron chi connectivity index (χ2n) is 9.98. The molecule has 5 rings (SSSR count). The third-order valence-electron chi connectivity index (χ3n) is 7.57. The zero-order valence-electron chi connectivity index (χ0n) is 21.7. The van der Waals surface area contributed by atoms with Gasteiger partial charge in [0.05, 0.1) is 24.5 Å². The van der Waals surface area contributed by atoms with Gasteiger partial charge in [0.1, 0.15) is 12.3 Å². The highest BCUT2D eigenvalue weighted by Crippen LogP contribution is 2.28. The Morgan fingerprint density at radius 3 is 2.68 bits per heavy atom. The van der Waals surface area contributed by atoms with Crippen LogP contribution in [0.4, 0.5) is 0 Å². The SMILES string of the molecule is COc1cccc(CC(C2CCN(C(=O)Cn3cnc4ccccc43)CC2)N(C)Cc2cccnc2)c1. The molecule has 0 aliphatic carbocycles. The molecule has 192 valence electrons. The molecule has 7 heteroatoms. The van der Waals surface area contributed by atoms with Crippen LogP contribution in [0.1, 0.15) is 24.0 Å². The van der Waals surface area contributed by atoms with Crippen LogP contribution < -0.4 is 4.74 Å². The summed E-state index contributed by atoms with van der Waals surface area (Å²) in [5, 5.41) is 0. The number of imidazole rings is 1. The van der Waals surface area contributed by atoms with Crippen LogP contribution in [-0.4, -0.2) is 63.5 Å². The number of amides is 1. The van der Waals surface area contributed by atoms with Crippen LogP contribution >= 0.6 is 0 Å². The Labute approximate surface area is 218 Å². The number of benzene rings is 2. The molecule has 0 spiro atoms. The fourth-order valence-corrected chi connectivity index (χ4v) is 5.54. The molecular weight excluding hydrogens is 462 g/mol. The molecule has 7 nitrogen and oxygen atoms in total. The first-order valence-electron chi connectivity index (χ1n) is 13.0. The Balaban J connectivity index is 1.26. The second kappa shape index (κ2) is 11.6. The maximum atomic E-state index is 13.2. The van der Waals surface area contributed by atoms with Crippen LogP contribution in [0.2, 0.25) is 0 Å². The predicted octanol–water partition coefficient (Wildman–Crippen LogP) is 4.42. The summed E-state index contributed by atoms with van der Waals surface area (Å²) < 4.78 is 7.43. The summed E-state index contributed by atoms with van der Waals surface area (Å²) >= 11 is 0. The van der Waals surface area contributed by atoms with Gasteiger partial charge in [0.25, 0.3) is 0 Å². The Morgan fingerprint density at radius 1 is 1.08 bits per heavy atom. The van der Waals surface area contributed by atoms with E-state index < -0.39 is 0 Å². The molecule has 1 unspecified atom stereocenters. The maximum Gasteiger partial charge on any atom is 0.242 e. The quantitative estimate of drug-likeness (QED) is 0.343. The van der Waals surface area contributed by atoms with Crippen molar-refractivity contribution >= 4 is 16.9 Å². The molecular formula is C30H35N5O2. The van der Waals surface area contributed by atoms with Crippen molar-refractivity contribution in [1.29, 1.82) is 0 Å². The number of carbonyl (C=O) groups excluding carboxylic acids is 1.